The zero-order valence-corrected chi connectivity index (χ0v) is 14.6. The zero-order valence-electron chi connectivity index (χ0n) is 14.6. The quantitative estimate of drug-likeness (QED) is 0.871. The van der Waals surface area contributed by atoms with Crippen molar-refractivity contribution < 1.29 is 9.53 Å². The van der Waals surface area contributed by atoms with Crippen molar-refractivity contribution in [3.63, 3.8) is 0 Å². The molecule has 0 radical (unpaired) electrons. The molecule has 1 aliphatic heterocycles. The van der Waals surface area contributed by atoms with Crippen LogP contribution in [0.1, 0.15) is 71.1 Å². The second-order valence-corrected chi connectivity index (χ2v) is 6.96. The number of nitrogens with zero attached hydrogens (tertiary/aromatic N) is 3. The molecule has 0 bridgehead atoms. The monoisotopic (exact) mass is 341 g/mol. The van der Waals surface area contributed by atoms with E-state index in [2.05, 4.69) is 25.5 Å². The third kappa shape index (κ3) is 3.56. The molecule has 25 heavy (non-hydrogen) atoms. The molecule has 2 atom stereocenters. The summed E-state index contributed by atoms with van der Waals surface area (Å²) in [5.41, 5.74) is 2.55. The maximum absolute atomic E-state index is 12.4. The average molecular weight is 341 g/mol. The van der Waals surface area contributed by atoms with Gasteiger partial charge in [-0.05, 0) is 51.7 Å². The van der Waals surface area contributed by atoms with E-state index in [1.165, 1.54) is 12.8 Å². The molecule has 0 unspecified atom stereocenters. The fraction of sp³-hybridized carbons (Fsp3) is 0.556. The first-order valence-corrected chi connectivity index (χ1v) is 8.90. The summed E-state index contributed by atoms with van der Waals surface area (Å²) in [6, 6.07) is 3.87. The lowest BCUT2D eigenvalue weighted by molar-refractivity contribution is 0.0392. The number of hydrogen-bond acceptors (Lipinski definition) is 5. The Morgan fingerprint density at radius 1 is 1.24 bits per heavy atom. The first-order chi connectivity index (χ1) is 12.1. The van der Waals surface area contributed by atoms with Gasteiger partial charge in [0, 0.05) is 18.2 Å². The van der Waals surface area contributed by atoms with Crippen molar-refractivity contribution in [3.8, 4) is 0 Å². The highest BCUT2D eigenvalue weighted by Gasteiger charge is 2.30. The lowest BCUT2D eigenvalue weighted by atomic mass is 10.1. The minimum atomic E-state index is -0.0897. The Balaban J connectivity index is 1.31. The van der Waals surface area contributed by atoms with Gasteiger partial charge < -0.3 is 10.1 Å². The molecule has 7 heteroatoms. The maximum atomic E-state index is 12.4. The fourth-order valence-electron chi connectivity index (χ4n) is 3.28. The minimum Gasteiger partial charge on any atom is -0.365 e. The number of carbonyl (C=O) groups is 1. The van der Waals surface area contributed by atoms with E-state index in [9.17, 15) is 4.79 Å². The summed E-state index contributed by atoms with van der Waals surface area (Å²) in [5, 5.41) is 9.97. The third-order valence-corrected chi connectivity index (χ3v) is 4.85. The van der Waals surface area contributed by atoms with Crippen LogP contribution in [-0.4, -0.2) is 38.7 Å². The number of carbonyl (C=O) groups excluding carboxylic acids is 1. The summed E-state index contributed by atoms with van der Waals surface area (Å²) >= 11 is 0. The molecule has 3 heterocycles. The number of ether oxygens (including phenoxy) is 1. The van der Waals surface area contributed by atoms with Gasteiger partial charge in [0.05, 0.1) is 17.4 Å². The van der Waals surface area contributed by atoms with Gasteiger partial charge in [-0.15, -0.1) is 0 Å². The highest BCUT2D eigenvalue weighted by Crippen LogP contribution is 2.39. The number of hydrogen-bond donors (Lipinski definition) is 2. The molecule has 0 spiro atoms. The van der Waals surface area contributed by atoms with E-state index >= 15 is 0 Å². The maximum Gasteiger partial charge on any atom is 0.253 e. The highest BCUT2D eigenvalue weighted by molar-refractivity contribution is 5.95. The van der Waals surface area contributed by atoms with E-state index in [-0.39, 0.29) is 18.1 Å². The summed E-state index contributed by atoms with van der Waals surface area (Å²) in [6.45, 7) is 4.26. The van der Waals surface area contributed by atoms with Gasteiger partial charge >= 0.3 is 0 Å². The minimum absolute atomic E-state index is 0.00763. The summed E-state index contributed by atoms with van der Waals surface area (Å²) in [6.07, 6.45) is 4.08. The van der Waals surface area contributed by atoms with Crippen LogP contribution in [-0.2, 0) is 4.74 Å². The van der Waals surface area contributed by atoms with Crippen molar-refractivity contribution in [3.05, 3.63) is 40.7 Å². The number of aryl methyl sites for hydroxylation is 2. The van der Waals surface area contributed by atoms with E-state index in [1.54, 1.807) is 0 Å². The zero-order chi connectivity index (χ0) is 17.4. The number of aromatic nitrogens is 4. The Morgan fingerprint density at radius 3 is 2.76 bits per heavy atom. The molecule has 1 amide bonds. The van der Waals surface area contributed by atoms with Crippen LogP contribution in [0.4, 0.5) is 0 Å². The van der Waals surface area contributed by atoms with Gasteiger partial charge in [0.25, 0.3) is 5.91 Å². The number of nitrogens with one attached hydrogen (secondary N) is 2. The Morgan fingerprint density at radius 2 is 2.08 bits per heavy atom. The molecule has 2 N–H and O–H groups in total. The van der Waals surface area contributed by atoms with Crippen LogP contribution < -0.4 is 5.32 Å². The van der Waals surface area contributed by atoms with Gasteiger partial charge in [-0.25, -0.2) is 4.98 Å². The summed E-state index contributed by atoms with van der Waals surface area (Å²) in [7, 11) is 0. The second-order valence-electron chi connectivity index (χ2n) is 6.96. The molecule has 1 saturated heterocycles. The molecule has 0 aromatic carbocycles. The van der Waals surface area contributed by atoms with Gasteiger partial charge in [0.15, 0.2) is 5.82 Å². The number of rotatable bonds is 5. The molecule has 4 rings (SSSR count). The molecule has 1 saturated carbocycles. The van der Waals surface area contributed by atoms with Crippen LogP contribution in [0.25, 0.3) is 0 Å². The summed E-state index contributed by atoms with van der Waals surface area (Å²) in [5.74, 6) is 1.99. The first-order valence-electron chi connectivity index (χ1n) is 8.90. The molecule has 7 nitrogen and oxygen atoms in total. The van der Waals surface area contributed by atoms with Gasteiger partial charge in [-0.2, -0.15) is 5.10 Å². The van der Waals surface area contributed by atoms with Crippen LogP contribution >= 0.6 is 0 Å². The molecule has 2 aromatic heterocycles. The second kappa shape index (κ2) is 6.55. The van der Waals surface area contributed by atoms with Crippen LogP contribution in [0.15, 0.2) is 12.1 Å². The van der Waals surface area contributed by atoms with Crippen LogP contribution in [0.2, 0.25) is 0 Å². The Bertz CT molecular complexity index is 784. The Labute approximate surface area is 146 Å². The van der Waals surface area contributed by atoms with Gasteiger partial charge in [0.2, 0.25) is 0 Å². The van der Waals surface area contributed by atoms with Crippen molar-refractivity contribution in [1.82, 2.24) is 25.5 Å². The van der Waals surface area contributed by atoms with E-state index in [4.69, 9.17) is 4.74 Å². The van der Waals surface area contributed by atoms with E-state index < -0.39 is 0 Å². The van der Waals surface area contributed by atoms with E-state index in [1.807, 2.05) is 26.0 Å². The van der Waals surface area contributed by atoms with Crippen molar-refractivity contribution in [2.24, 2.45) is 0 Å². The van der Waals surface area contributed by atoms with Crippen molar-refractivity contribution >= 4 is 5.91 Å². The molecule has 1 aliphatic carbocycles. The fourth-order valence-corrected chi connectivity index (χ4v) is 3.28. The lowest BCUT2D eigenvalue weighted by Gasteiger charge is -2.13. The van der Waals surface area contributed by atoms with Crippen molar-refractivity contribution in [2.45, 2.75) is 57.7 Å². The number of H-pyrrole nitrogens is 1. The molecular formula is C18H23N5O2. The van der Waals surface area contributed by atoms with Crippen LogP contribution in [0.3, 0.4) is 0 Å². The number of amides is 1. The molecule has 2 aromatic rings. The summed E-state index contributed by atoms with van der Waals surface area (Å²) in [4.78, 5) is 21.3. The topological polar surface area (TPSA) is 92.8 Å². The first kappa shape index (κ1) is 16.2. The normalized spacial score (nSPS) is 23.0. The largest absolute Gasteiger partial charge is 0.365 e. The molecule has 132 valence electrons. The summed E-state index contributed by atoms with van der Waals surface area (Å²) < 4.78 is 5.96. The van der Waals surface area contributed by atoms with E-state index in [0.717, 1.165) is 30.1 Å². The third-order valence-electron chi connectivity index (χ3n) is 4.85. The smallest absolute Gasteiger partial charge is 0.253 e. The van der Waals surface area contributed by atoms with E-state index in [0.29, 0.717) is 23.9 Å². The van der Waals surface area contributed by atoms with Crippen molar-refractivity contribution in [2.75, 3.05) is 6.54 Å². The number of pyridine rings is 1. The SMILES string of the molecule is Cc1nc([C@@H]2CC[C@H](CNC(=O)c3ccc(C4CC4)nc3C)O2)n[nH]1. The Kier molecular flexibility index (Phi) is 4.25. The van der Waals surface area contributed by atoms with Crippen LogP contribution in [0.5, 0.6) is 0 Å². The van der Waals surface area contributed by atoms with Gasteiger partial charge in [-0.1, -0.05) is 0 Å². The van der Waals surface area contributed by atoms with Crippen molar-refractivity contribution in [1.29, 1.82) is 0 Å². The van der Waals surface area contributed by atoms with Gasteiger partial charge in [-0.3, -0.25) is 14.9 Å². The Hall–Kier alpha value is -2.28. The van der Waals surface area contributed by atoms with Crippen LogP contribution in [0, 0.1) is 13.8 Å². The highest BCUT2D eigenvalue weighted by atomic mass is 16.5. The standard InChI is InChI=1S/C18H23N5O2/c1-10-14(6-7-15(20-10)12-3-4-12)18(24)19-9-13-5-8-16(25-13)17-21-11(2)22-23-17/h6-7,12-13,16H,3-5,8-9H2,1-2H3,(H,19,24)(H,21,22,23)/t13-,16+/m1/s1. The molecular weight excluding hydrogens is 318 g/mol. The predicted molar refractivity (Wildman–Crippen MR) is 91.2 cm³/mol. The predicted octanol–water partition coefficient (Wildman–Crippen LogP) is 2.34. The number of aromatic amines is 1. The van der Waals surface area contributed by atoms with Gasteiger partial charge in [0.1, 0.15) is 11.9 Å². The lowest BCUT2D eigenvalue weighted by Crippen LogP contribution is -2.32. The average Bonchev–Trinajstić information content (AvgIpc) is 3.19. The molecule has 2 fully saturated rings. The molecule has 2 aliphatic rings.